The Morgan fingerprint density at radius 1 is 0.676 bits per heavy atom. The van der Waals surface area contributed by atoms with E-state index in [2.05, 4.69) is 116 Å². The number of hydrogen-bond donors (Lipinski definition) is 0. The average Bonchev–Trinajstić information content (AvgIpc) is 2.85. The summed E-state index contributed by atoms with van der Waals surface area (Å²) in [6, 6.07) is 22.3. The molecule has 3 rings (SSSR count). The van der Waals surface area contributed by atoms with Crippen molar-refractivity contribution in [1.82, 2.24) is 9.80 Å². The summed E-state index contributed by atoms with van der Waals surface area (Å²) in [5, 5.41) is 0. The van der Waals surface area contributed by atoms with Crippen LogP contribution < -0.4 is 0 Å². The SMILES string of the molecule is CC(C)=CCC/C(C)=C/CC/C(C)=C/CN1CCN(C(c2ccccc2)c2ccccc2)CC1. The van der Waals surface area contributed by atoms with Crippen LogP contribution in [0.15, 0.2) is 95.6 Å². The summed E-state index contributed by atoms with van der Waals surface area (Å²) < 4.78 is 0. The fourth-order valence-corrected chi connectivity index (χ4v) is 4.71. The van der Waals surface area contributed by atoms with Crippen LogP contribution in [-0.4, -0.2) is 42.5 Å². The zero-order chi connectivity index (χ0) is 24.2. The van der Waals surface area contributed by atoms with Gasteiger partial charge in [-0.25, -0.2) is 0 Å². The maximum absolute atomic E-state index is 2.65. The number of piperazine rings is 1. The zero-order valence-corrected chi connectivity index (χ0v) is 21.8. The lowest BCUT2D eigenvalue weighted by Crippen LogP contribution is -2.47. The largest absolute Gasteiger partial charge is 0.297 e. The van der Waals surface area contributed by atoms with E-state index >= 15 is 0 Å². The van der Waals surface area contributed by atoms with E-state index in [-0.39, 0.29) is 0 Å². The normalized spacial score (nSPS) is 16.1. The van der Waals surface area contributed by atoms with Crippen molar-refractivity contribution in [3.8, 4) is 0 Å². The zero-order valence-electron chi connectivity index (χ0n) is 21.8. The Hall–Kier alpha value is -2.42. The highest BCUT2D eigenvalue weighted by molar-refractivity contribution is 5.32. The summed E-state index contributed by atoms with van der Waals surface area (Å²) in [5.41, 5.74) is 7.24. The van der Waals surface area contributed by atoms with Crippen LogP contribution in [0.2, 0.25) is 0 Å². The summed E-state index contributed by atoms with van der Waals surface area (Å²) in [4.78, 5) is 5.26. The number of hydrogen-bond acceptors (Lipinski definition) is 2. The van der Waals surface area contributed by atoms with E-state index < -0.39 is 0 Å². The van der Waals surface area contributed by atoms with Crippen molar-refractivity contribution in [2.75, 3.05) is 32.7 Å². The van der Waals surface area contributed by atoms with E-state index in [0.29, 0.717) is 6.04 Å². The number of nitrogens with zero attached hydrogens (tertiary/aromatic N) is 2. The number of benzene rings is 2. The molecule has 1 heterocycles. The van der Waals surface area contributed by atoms with Crippen LogP contribution in [0.5, 0.6) is 0 Å². The van der Waals surface area contributed by atoms with Gasteiger partial charge in [0.2, 0.25) is 0 Å². The van der Waals surface area contributed by atoms with E-state index in [4.69, 9.17) is 0 Å². The summed E-state index contributed by atoms with van der Waals surface area (Å²) in [6.07, 6.45) is 11.9. The van der Waals surface area contributed by atoms with Gasteiger partial charge in [-0.2, -0.15) is 0 Å². The van der Waals surface area contributed by atoms with Crippen LogP contribution in [0.4, 0.5) is 0 Å². The number of allylic oxidation sites excluding steroid dienone is 5. The number of rotatable bonds is 11. The Morgan fingerprint density at radius 3 is 1.71 bits per heavy atom. The van der Waals surface area contributed by atoms with E-state index in [9.17, 15) is 0 Å². The lowest BCUT2D eigenvalue weighted by Gasteiger charge is -2.39. The molecule has 0 aliphatic carbocycles. The van der Waals surface area contributed by atoms with E-state index in [1.807, 2.05) is 0 Å². The first-order valence-corrected chi connectivity index (χ1v) is 13.0. The topological polar surface area (TPSA) is 6.48 Å². The van der Waals surface area contributed by atoms with Gasteiger partial charge in [-0.3, -0.25) is 9.80 Å². The Kier molecular flexibility index (Phi) is 10.9. The fraction of sp³-hybridized carbons (Fsp3) is 0.438. The molecule has 0 unspecified atom stereocenters. The highest BCUT2D eigenvalue weighted by Gasteiger charge is 2.25. The summed E-state index contributed by atoms with van der Waals surface area (Å²) >= 11 is 0. The standard InChI is InChI=1S/C32H44N2/c1-27(2)13-11-14-28(3)15-12-16-29(4)21-22-33-23-25-34(26-24-33)32(30-17-7-5-8-18-30)31-19-9-6-10-20-31/h5-10,13,15,17-21,32H,11-12,14,16,22-26H2,1-4H3/b28-15+,29-21+. The Morgan fingerprint density at radius 2 is 1.18 bits per heavy atom. The van der Waals surface area contributed by atoms with E-state index in [1.165, 1.54) is 47.1 Å². The first kappa shape index (κ1) is 26.2. The molecule has 1 aliphatic rings. The quantitative estimate of drug-likeness (QED) is 0.318. The minimum atomic E-state index is 0.341. The van der Waals surface area contributed by atoms with Gasteiger partial charge in [0.25, 0.3) is 0 Å². The van der Waals surface area contributed by atoms with Gasteiger partial charge in [-0.05, 0) is 64.5 Å². The van der Waals surface area contributed by atoms with Crippen LogP contribution in [-0.2, 0) is 0 Å². The molecule has 2 heteroatoms. The third kappa shape index (κ3) is 8.74. The van der Waals surface area contributed by atoms with Gasteiger partial charge in [-0.1, -0.05) is 95.6 Å². The Bertz CT molecular complexity index is 888. The van der Waals surface area contributed by atoms with Crippen molar-refractivity contribution in [3.63, 3.8) is 0 Å². The fourth-order valence-electron chi connectivity index (χ4n) is 4.71. The van der Waals surface area contributed by atoms with Gasteiger partial charge >= 0.3 is 0 Å². The molecule has 1 fully saturated rings. The smallest absolute Gasteiger partial charge is 0.0602 e. The van der Waals surface area contributed by atoms with Crippen molar-refractivity contribution in [1.29, 1.82) is 0 Å². The highest BCUT2D eigenvalue weighted by Crippen LogP contribution is 2.29. The maximum Gasteiger partial charge on any atom is 0.0602 e. The minimum Gasteiger partial charge on any atom is -0.297 e. The molecule has 182 valence electrons. The predicted molar refractivity (Wildman–Crippen MR) is 148 cm³/mol. The molecule has 2 aromatic carbocycles. The third-order valence-corrected chi connectivity index (χ3v) is 6.82. The summed E-state index contributed by atoms with van der Waals surface area (Å²) in [7, 11) is 0. The monoisotopic (exact) mass is 456 g/mol. The lowest BCUT2D eigenvalue weighted by molar-refractivity contribution is 0.117. The van der Waals surface area contributed by atoms with Gasteiger partial charge in [0.1, 0.15) is 0 Å². The van der Waals surface area contributed by atoms with Gasteiger partial charge in [0.15, 0.2) is 0 Å². The molecule has 2 aromatic rings. The van der Waals surface area contributed by atoms with Gasteiger partial charge in [-0.15, -0.1) is 0 Å². The molecule has 0 atom stereocenters. The maximum atomic E-state index is 2.65. The van der Waals surface area contributed by atoms with E-state index in [0.717, 1.165) is 39.1 Å². The van der Waals surface area contributed by atoms with Crippen molar-refractivity contribution >= 4 is 0 Å². The van der Waals surface area contributed by atoms with Gasteiger partial charge < -0.3 is 0 Å². The molecule has 1 saturated heterocycles. The van der Waals surface area contributed by atoms with E-state index in [1.54, 1.807) is 0 Å². The summed E-state index contributed by atoms with van der Waals surface area (Å²) in [6.45, 7) is 14.5. The Balaban J connectivity index is 1.47. The van der Waals surface area contributed by atoms with Crippen molar-refractivity contribution in [2.24, 2.45) is 0 Å². The van der Waals surface area contributed by atoms with Gasteiger partial charge in [0, 0.05) is 32.7 Å². The van der Waals surface area contributed by atoms with Crippen molar-refractivity contribution in [3.05, 3.63) is 107 Å². The van der Waals surface area contributed by atoms with Crippen molar-refractivity contribution < 1.29 is 0 Å². The second-order valence-corrected chi connectivity index (χ2v) is 10.0. The molecule has 0 amide bonds. The van der Waals surface area contributed by atoms with Crippen LogP contribution in [0, 0.1) is 0 Å². The van der Waals surface area contributed by atoms with Crippen molar-refractivity contribution in [2.45, 2.75) is 59.4 Å². The highest BCUT2D eigenvalue weighted by atomic mass is 15.3. The van der Waals surface area contributed by atoms with Gasteiger partial charge in [0.05, 0.1) is 6.04 Å². The first-order chi connectivity index (χ1) is 16.5. The Labute approximate surface area is 208 Å². The minimum absolute atomic E-state index is 0.341. The molecule has 0 spiro atoms. The second-order valence-electron chi connectivity index (χ2n) is 10.0. The molecule has 2 nitrogen and oxygen atoms in total. The molecular weight excluding hydrogens is 412 g/mol. The molecule has 1 aliphatic heterocycles. The lowest BCUT2D eigenvalue weighted by atomic mass is 9.96. The molecule has 0 N–H and O–H groups in total. The predicted octanol–water partition coefficient (Wildman–Crippen LogP) is 7.81. The molecule has 0 radical (unpaired) electrons. The third-order valence-electron chi connectivity index (χ3n) is 6.82. The van der Waals surface area contributed by atoms with Crippen LogP contribution in [0.3, 0.4) is 0 Å². The van der Waals surface area contributed by atoms with Crippen LogP contribution in [0.25, 0.3) is 0 Å². The first-order valence-electron chi connectivity index (χ1n) is 13.0. The molecular formula is C32H44N2. The molecule has 34 heavy (non-hydrogen) atoms. The van der Waals surface area contributed by atoms with Crippen LogP contribution in [0.1, 0.15) is 70.5 Å². The molecule has 0 saturated carbocycles. The second kappa shape index (κ2) is 14.1. The summed E-state index contributed by atoms with van der Waals surface area (Å²) in [5.74, 6) is 0. The average molecular weight is 457 g/mol. The molecule has 0 bridgehead atoms. The van der Waals surface area contributed by atoms with Crippen LogP contribution >= 0.6 is 0 Å². The molecule has 0 aromatic heterocycles.